The van der Waals surface area contributed by atoms with Gasteiger partial charge in [0, 0.05) is 17.8 Å². The van der Waals surface area contributed by atoms with Crippen molar-refractivity contribution < 1.29 is 13.6 Å². The Hall–Kier alpha value is -2.60. The van der Waals surface area contributed by atoms with Gasteiger partial charge in [0.15, 0.2) is 11.6 Å². The average molecular weight is 384 g/mol. The SMILES string of the molecule is Cc1nc(-c2ccc(F)c(F)c2)sc1C(=O)N1CCC(C)c2ccccc21. The summed E-state index contributed by atoms with van der Waals surface area (Å²) in [7, 11) is 0. The van der Waals surface area contributed by atoms with E-state index in [1.807, 2.05) is 18.2 Å². The highest BCUT2D eigenvalue weighted by Gasteiger charge is 2.29. The largest absolute Gasteiger partial charge is 0.307 e. The number of aromatic nitrogens is 1. The molecule has 4 rings (SSSR count). The van der Waals surface area contributed by atoms with Crippen molar-refractivity contribution in [1.29, 1.82) is 0 Å². The van der Waals surface area contributed by atoms with Crippen molar-refractivity contribution in [1.82, 2.24) is 4.98 Å². The van der Waals surface area contributed by atoms with Gasteiger partial charge < -0.3 is 4.90 Å². The van der Waals surface area contributed by atoms with E-state index in [0.717, 1.165) is 24.2 Å². The van der Waals surface area contributed by atoms with Crippen LogP contribution in [0.4, 0.5) is 14.5 Å². The van der Waals surface area contributed by atoms with E-state index in [-0.39, 0.29) is 5.91 Å². The van der Waals surface area contributed by atoms with Crippen LogP contribution in [0.15, 0.2) is 42.5 Å². The van der Waals surface area contributed by atoms with Gasteiger partial charge in [-0.15, -0.1) is 11.3 Å². The molecule has 1 unspecified atom stereocenters. The number of aryl methyl sites for hydroxylation is 1. The fraction of sp³-hybridized carbons (Fsp3) is 0.238. The van der Waals surface area contributed by atoms with Gasteiger partial charge in [-0.1, -0.05) is 25.1 Å². The van der Waals surface area contributed by atoms with Crippen LogP contribution < -0.4 is 4.90 Å². The molecule has 3 aromatic rings. The monoisotopic (exact) mass is 384 g/mol. The second kappa shape index (κ2) is 6.85. The maximum Gasteiger partial charge on any atom is 0.270 e. The standard InChI is InChI=1S/C21H18F2N2OS/c1-12-9-10-25(18-6-4-3-5-15(12)18)21(26)19-13(2)24-20(27-19)14-7-8-16(22)17(23)11-14/h3-8,11-12H,9-10H2,1-2H3. The van der Waals surface area contributed by atoms with E-state index < -0.39 is 11.6 Å². The minimum atomic E-state index is -0.924. The fourth-order valence-corrected chi connectivity index (χ4v) is 4.44. The van der Waals surface area contributed by atoms with Crippen LogP contribution >= 0.6 is 11.3 Å². The molecule has 1 aliphatic rings. The van der Waals surface area contributed by atoms with Crippen molar-refractivity contribution in [2.75, 3.05) is 11.4 Å². The van der Waals surface area contributed by atoms with Gasteiger partial charge in [0.25, 0.3) is 5.91 Å². The molecule has 1 amide bonds. The highest BCUT2D eigenvalue weighted by molar-refractivity contribution is 7.17. The van der Waals surface area contributed by atoms with E-state index in [0.29, 0.717) is 33.6 Å². The summed E-state index contributed by atoms with van der Waals surface area (Å²) < 4.78 is 26.7. The molecule has 1 atom stereocenters. The summed E-state index contributed by atoms with van der Waals surface area (Å²) >= 11 is 1.21. The molecule has 1 aliphatic heterocycles. The minimum absolute atomic E-state index is 0.0989. The first kappa shape index (κ1) is 17.8. The number of amides is 1. The first-order valence-corrected chi connectivity index (χ1v) is 9.61. The lowest BCUT2D eigenvalue weighted by Crippen LogP contribution is -2.36. The van der Waals surface area contributed by atoms with E-state index in [2.05, 4.69) is 18.0 Å². The summed E-state index contributed by atoms with van der Waals surface area (Å²) in [6.45, 7) is 4.58. The van der Waals surface area contributed by atoms with Crippen LogP contribution in [0.1, 0.15) is 40.2 Å². The molecule has 0 saturated heterocycles. The summed E-state index contributed by atoms with van der Waals surface area (Å²) in [6, 6.07) is 11.6. The van der Waals surface area contributed by atoms with Gasteiger partial charge in [0.05, 0.1) is 5.69 Å². The normalized spacial score (nSPS) is 16.3. The van der Waals surface area contributed by atoms with Gasteiger partial charge in [0.2, 0.25) is 0 Å². The Morgan fingerprint density at radius 3 is 2.74 bits per heavy atom. The number of nitrogens with zero attached hydrogens (tertiary/aromatic N) is 2. The number of hydrogen-bond acceptors (Lipinski definition) is 3. The molecule has 2 aromatic carbocycles. The second-order valence-corrected chi connectivity index (χ2v) is 7.77. The highest BCUT2D eigenvalue weighted by atomic mass is 32.1. The molecule has 1 aromatic heterocycles. The lowest BCUT2D eigenvalue weighted by molar-refractivity contribution is 0.0987. The zero-order chi connectivity index (χ0) is 19.1. The Balaban J connectivity index is 1.70. The van der Waals surface area contributed by atoms with Gasteiger partial charge in [0.1, 0.15) is 9.88 Å². The topological polar surface area (TPSA) is 33.2 Å². The summed E-state index contributed by atoms with van der Waals surface area (Å²) in [5.74, 6) is -1.52. The zero-order valence-corrected chi connectivity index (χ0v) is 15.8. The van der Waals surface area contributed by atoms with Crippen LogP contribution in [-0.2, 0) is 0 Å². The predicted octanol–water partition coefficient (Wildman–Crippen LogP) is 5.55. The molecule has 0 N–H and O–H groups in total. The molecule has 0 fully saturated rings. The van der Waals surface area contributed by atoms with E-state index in [1.165, 1.54) is 23.0 Å². The number of carbonyl (C=O) groups excluding carboxylic acids is 1. The van der Waals surface area contributed by atoms with Crippen molar-refractivity contribution in [3.8, 4) is 10.6 Å². The third-order valence-electron chi connectivity index (χ3n) is 4.95. The summed E-state index contributed by atoms with van der Waals surface area (Å²) in [5.41, 5.74) is 3.16. The summed E-state index contributed by atoms with van der Waals surface area (Å²) in [6.07, 6.45) is 0.899. The molecule has 27 heavy (non-hydrogen) atoms. The molecule has 3 nitrogen and oxygen atoms in total. The summed E-state index contributed by atoms with van der Waals surface area (Å²) in [5, 5.41) is 0.508. The molecule has 138 valence electrons. The maximum atomic E-state index is 13.6. The van der Waals surface area contributed by atoms with Crippen LogP contribution in [0.5, 0.6) is 0 Å². The Bertz CT molecular complexity index is 1030. The second-order valence-electron chi connectivity index (χ2n) is 6.77. The van der Waals surface area contributed by atoms with Gasteiger partial charge in [-0.2, -0.15) is 0 Å². The third kappa shape index (κ3) is 3.14. The van der Waals surface area contributed by atoms with Crippen LogP contribution in [0.25, 0.3) is 10.6 Å². The molecule has 0 spiro atoms. The van der Waals surface area contributed by atoms with Crippen LogP contribution in [0.2, 0.25) is 0 Å². The number of benzene rings is 2. The van der Waals surface area contributed by atoms with E-state index in [9.17, 15) is 13.6 Å². The highest BCUT2D eigenvalue weighted by Crippen LogP contribution is 2.37. The number of fused-ring (bicyclic) bond motifs is 1. The van der Waals surface area contributed by atoms with Gasteiger partial charge in [-0.05, 0) is 49.1 Å². The van der Waals surface area contributed by atoms with Crippen LogP contribution in [0, 0.1) is 18.6 Å². The number of para-hydroxylation sites is 1. The van der Waals surface area contributed by atoms with Gasteiger partial charge in [-0.3, -0.25) is 4.79 Å². The van der Waals surface area contributed by atoms with E-state index in [4.69, 9.17) is 0 Å². The van der Waals surface area contributed by atoms with Crippen molar-refractivity contribution in [3.63, 3.8) is 0 Å². The van der Waals surface area contributed by atoms with E-state index >= 15 is 0 Å². The number of rotatable bonds is 2. The number of hydrogen-bond donors (Lipinski definition) is 0. The lowest BCUT2D eigenvalue weighted by atomic mass is 9.91. The molecule has 2 heterocycles. The first-order valence-electron chi connectivity index (χ1n) is 8.79. The molecule has 6 heteroatoms. The smallest absolute Gasteiger partial charge is 0.270 e. The van der Waals surface area contributed by atoms with Crippen LogP contribution in [-0.4, -0.2) is 17.4 Å². The zero-order valence-electron chi connectivity index (χ0n) is 15.0. The Labute approximate surface area is 160 Å². The number of anilines is 1. The van der Waals surface area contributed by atoms with Gasteiger partial charge >= 0.3 is 0 Å². The number of carbonyl (C=O) groups is 1. The third-order valence-corrected chi connectivity index (χ3v) is 6.14. The number of thiazole rings is 1. The molecule has 0 saturated carbocycles. The van der Waals surface area contributed by atoms with Gasteiger partial charge in [-0.25, -0.2) is 13.8 Å². The molecule has 0 bridgehead atoms. The van der Waals surface area contributed by atoms with E-state index in [1.54, 1.807) is 11.8 Å². The first-order chi connectivity index (χ1) is 13.0. The Morgan fingerprint density at radius 1 is 1.19 bits per heavy atom. The van der Waals surface area contributed by atoms with Crippen molar-refractivity contribution in [2.24, 2.45) is 0 Å². The predicted molar refractivity (Wildman–Crippen MR) is 103 cm³/mol. The Kier molecular flexibility index (Phi) is 4.52. The van der Waals surface area contributed by atoms with Crippen molar-refractivity contribution in [3.05, 3.63) is 70.2 Å². The molecular formula is C21H18F2N2OS. The lowest BCUT2D eigenvalue weighted by Gasteiger charge is -2.32. The number of halogens is 2. The molecular weight excluding hydrogens is 366 g/mol. The maximum absolute atomic E-state index is 13.6. The Morgan fingerprint density at radius 2 is 1.96 bits per heavy atom. The average Bonchev–Trinajstić information content (AvgIpc) is 3.06. The van der Waals surface area contributed by atoms with Crippen molar-refractivity contribution in [2.45, 2.75) is 26.2 Å². The molecule has 0 radical (unpaired) electrons. The van der Waals surface area contributed by atoms with Crippen LogP contribution in [0.3, 0.4) is 0 Å². The fourth-order valence-electron chi connectivity index (χ4n) is 3.43. The summed E-state index contributed by atoms with van der Waals surface area (Å²) in [4.78, 5) is 20.0. The minimum Gasteiger partial charge on any atom is -0.307 e. The van der Waals surface area contributed by atoms with Crippen molar-refractivity contribution >= 4 is 22.9 Å². The molecule has 0 aliphatic carbocycles. The quantitative estimate of drug-likeness (QED) is 0.580.